The Bertz CT molecular complexity index is 1700. The maximum absolute atomic E-state index is 13.5. The Kier molecular flexibility index (Phi) is 12.5. The number of anilines is 1. The minimum Gasteiger partial charge on any atom is -0.497 e. The molecule has 2 amide bonds. The SMILES string of the molecule is CCOC(=O)c1sc(NC(=O)C(C)Sc2nnc(CNC(=O)Cc3ccc(OC)cc3)n2Cc2ccccc2)c(C(=O)OCC)c1C. The first-order valence-corrected chi connectivity index (χ1v) is 16.6. The number of carbonyl (C=O) groups is 4. The van der Waals surface area contributed by atoms with E-state index in [0.717, 1.165) is 22.5 Å². The Morgan fingerprint density at radius 3 is 2.28 bits per heavy atom. The number of thiophene rings is 1. The molecule has 4 rings (SSSR count). The summed E-state index contributed by atoms with van der Waals surface area (Å²) < 4.78 is 17.4. The highest BCUT2D eigenvalue weighted by Crippen LogP contribution is 2.35. The fourth-order valence-electron chi connectivity index (χ4n) is 4.50. The molecule has 14 heteroatoms. The van der Waals surface area contributed by atoms with Crippen LogP contribution in [0.4, 0.5) is 5.00 Å². The standard InChI is InChI=1S/C33H37N5O7S2/c1-6-44-31(41)27-20(3)28(32(42)45-7-2)47-30(27)35-29(40)21(4)46-33-37-36-25(38(33)19-23-11-9-8-10-12-23)18-34-26(39)17-22-13-15-24(43-5)16-14-22/h8-16,21H,6-7,17-19H2,1-5H3,(H,34,39)(H,35,40). The summed E-state index contributed by atoms with van der Waals surface area (Å²) in [6.45, 7) is 7.52. The molecule has 1 unspecified atom stereocenters. The summed E-state index contributed by atoms with van der Waals surface area (Å²) in [5, 5.41) is 14.4. The van der Waals surface area contributed by atoms with Gasteiger partial charge in [-0.25, -0.2) is 9.59 Å². The molecule has 0 saturated carbocycles. The largest absolute Gasteiger partial charge is 0.497 e. The van der Waals surface area contributed by atoms with E-state index in [9.17, 15) is 19.2 Å². The molecular weight excluding hydrogens is 643 g/mol. The Hall–Kier alpha value is -4.69. The summed E-state index contributed by atoms with van der Waals surface area (Å²) in [5.41, 5.74) is 2.32. The van der Waals surface area contributed by atoms with Crippen LogP contribution in [0.25, 0.3) is 0 Å². The molecule has 0 spiro atoms. The molecule has 0 saturated heterocycles. The molecule has 47 heavy (non-hydrogen) atoms. The minimum absolute atomic E-state index is 0.116. The average molecular weight is 680 g/mol. The first kappa shape index (κ1) is 35.2. The van der Waals surface area contributed by atoms with Gasteiger partial charge in [-0.3, -0.25) is 9.59 Å². The van der Waals surface area contributed by atoms with Gasteiger partial charge in [0.15, 0.2) is 11.0 Å². The second-order valence-electron chi connectivity index (χ2n) is 10.2. The van der Waals surface area contributed by atoms with Crippen molar-refractivity contribution in [3.8, 4) is 5.75 Å². The molecule has 12 nitrogen and oxygen atoms in total. The third-order valence-corrected chi connectivity index (χ3v) is 9.19. The molecule has 2 heterocycles. The van der Waals surface area contributed by atoms with E-state index in [2.05, 4.69) is 20.8 Å². The van der Waals surface area contributed by atoms with Gasteiger partial charge in [-0.15, -0.1) is 21.5 Å². The predicted molar refractivity (Wildman–Crippen MR) is 179 cm³/mol. The highest BCUT2D eigenvalue weighted by atomic mass is 32.2. The summed E-state index contributed by atoms with van der Waals surface area (Å²) in [7, 11) is 1.59. The summed E-state index contributed by atoms with van der Waals surface area (Å²) in [5.74, 6) is -0.597. The van der Waals surface area contributed by atoms with Crippen LogP contribution in [0, 0.1) is 6.92 Å². The number of thioether (sulfide) groups is 1. The Morgan fingerprint density at radius 2 is 1.62 bits per heavy atom. The quantitative estimate of drug-likeness (QED) is 0.129. The third-order valence-electron chi connectivity index (χ3n) is 6.92. The normalized spacial score (nSPS) is 11.4. The number of hydrogen-bond acceptors (Lipinski definition) is 11. The highest BCUT2D eigenvalue weighted by molar-refractivity contribution is 8.00. The van der Waals surface area contributed by atoms with Gasteiger partial charge in [0, 0.05) is 0 Å². The number of aromatic nitrogens is 3. The van der Waals surface area contributed by atoms with Crippen molar-refractivity contribution in [2.45, 2.75) is 57.6 Å². The molecule has 0 fully saturated rings. The van der Waals surface area contributed by atoms with E-state index in [1.165, 1.54) is 11.8 Å². The average Bonchev–Trinajstić information content (AvgIpc) is 3.59. The fraction of sp³-hybridized carbons (Fsp3) is 0.333. The van der Waals surface area contributed by atoms with Crippen LogP contribution in [-0.2, 0) is 38.6 Å². The van der Waals surface area contributed by atoms with Crippen LogP contribution in [0.2, 0.25) is 0 Å². The maximum Gasteiger partial charge on any atom is 0.348 e. The van der Waals surface area contributed by atoms with Crippen LogP contribution in [-0.4, -0.2) is 64.1 Å². The molecule has 0 radical (unpaired) electrons. The van der Waals surface area contributed by atoms with Gasteiger partial charge in [-0.2, -0.15) is 0 Å². The molecule has 2 aromatic heterocycles. The van der Waals surface area contributed by atoms with Gasteiger partial charge < -0.3 is 29.4 Å². The molecule has 0 aliphatic carbocycles. The minimum atomic E-state index is -0.685. The first-order chi connectivity index (χ1) is 22.6. The van der Waals surface area contributed by atoms with Crippen LogP contribution < -0.4 is 15.4 Å². The van der Waals surface area contributed by atoms with E-state index in [-0.39, 0.29) is 47.5 Å². The number of nitrogens with zero attached hydrogens (tertiary/aromatic N) is 3. The van der Waals surface area contributed by atoms with E-state index in [0.29, 0.717) is 28.8 Å². The Balaban J connectivity index is 1.51. The van der Waals surface area contributed by atoms with Gasteiger partial charge in [-0.05, 0) is 56.5 Å². The summed E-state index contributed by atoms with van der Waals surface area (Å²) in [6.07, 6.45) is 0.184. The van der Waals surface area contributed by atoms with E-state index in [4.69, 9.17) is 14.2 Å². The number of hydrogen-bond donors (Lipinski definition) is 2. The van der Waals surface area contributed by atoms with E-state index in [1.807, 2.05) is 47.0 Å². The van der Waals surface area contributed by atoms with Crippen molar-refractivity contribution >= 4 is 51.9 Å². The number of carbonyl (C=O) groups excluding carboxylic acids is 4. The summed E-state index contributed by atoms with van der Waals surface area (Å²) in [6, 6.07) is 17.0. The van der Waals surface area contributed by atoms with E-state index < -0.39 is 23.1 Å². The molecule has 1 atom stereocenters. The monoisotopic (exact) mass is 679 g/mol. The second kappa shape index (κ2) is 16.7. The van der Waals surface area contributed by atoms with Gasteiger partial charge in [0.2, 0.25) is 11.8 Å². The maximum atomic E-state index is 13.5. The number of ether oxygens (including phenoxy) is 3. The van der Waals surface area contributed by atoms with Crippen molar-refractivity contribution in [1.82, 2.24) is 20.1 Å². The van der Waals surface area contributed by atoms with Gasteiger partial charge >= 0.3 is 11.9 Å². The van der Waals surface area contributed by atoms with Crippen molar-refractivity contribution in [2.75, 3.05) is 25.6 Å². The lowest BCUT2D eigenvalue weighted by Gasteiger charge is -2.14. The summed E-state index contributed by atoms with van der Waals surface area (Å²) >= 11 is 2.14. The highest BCUT2D eigenvalue weighted by Gasteiger charge is 2.29. The molecule has 0 aliphatic heterocycles. The molecule has 0 bridgehead atoms. The van der Waals surface area contributed by atoms with E-state index >= 15 is 0 Å². The zero-order valence-corrected chi connectivity index (χ0v) is 28.5. The van der Waals surface area contributed by atoms with Crippen LogP contribution in [0.5, 0.6) is 5.75 Å². The number of amides is 2. The van der Waals surface area contributed by atoms with Gasteiger partial charge in [0.1, 0.15) is 15.6 Å². The van der Waals surface area contributed by atoms with Crippen molar-refractivity contribution in [3.63, 3.8) is 0 Å². The zero-order chi connectivity index (χ0) is 33.9. The lowest BCUT2D eigenvalue weighted by atomic mass is 10.1. The number of methoxy groups -OCH3 is 1. The van der Waals surface area contributed by atoms with Crippen LogP contribution in [0.15, 0.2) is 59.8 Å². The third kappa shape index (κ3) is 9.20. The molecular formula is C33H37N5O7S2. The smallest absolute Gasteiger partial charge is 0.348 e. The van der Waals surface area contributed by atoms with Crippen molar-refractivity contribution in [1.29, 1.82) is 0 Å². The van der Waals surface area contributed by atoms with Crippen molar-refractivity contribution in [2.24, 2.45) is 0 Å². The van der Waals surface area contributed by atoms with Crippen LogP contribution in [0.3, 0.4) is 0 Å². The second-order valence-corrected chi connectivity index (χ2v) is 12.6. The summed E-state index contributed by atoms with van der Waals surface area (Å²) in [4.78, 5) is 51.8. The Labute approximate surface area is 281 Å². The van der Waals surface area contributed by atoms with Crippen LogP contribution >= 0.6 is 23.1 Å². The van der Waals surface area contributed by atoms with Gasteiger partial charge in [0.25, 0.3) is 0 Å². The molecule has 248 valence electrons. The molecule has 2 N–H and O–H groups in total. The van der Waals surface area contributed by atoms with Crippen molar-refractivity contribution < 1.29 is 33.4 Å². The molecule has 4 aromatic rings. The van der Waals surface area contributed by atoms with Crippen LogP contribution in [0.1, 0.15) is 63.3 Å². The van der Waals surface area contributed by atoms with Gasteiger partial charge in [0.05, 0.1) is 50.6 Å². The number of nitrogens with one attached hydrogen (secondary N) is 2. The number of benzene rings is 2. The zero-order valence-electron chi connectivity index (χ0n) is 26.8. The number of rotatable bonds is 15. The lowest BCUT2D eigenvalue weighted by molar-refractivity contribution is -0.120. The predicted octanol–water partition coefficient (Wildman–Crippen LogP) is 5.04. The fourth-order valence-corrected chi connectivity index (χ4v) is 6.46. The topological polar surface area (TPSA) is 151 Å². The van der Waals surface area contributed by atoms with Gasteiger partial charge in [-0.1, -0.05) is 54.2 Å². The van der Waals surface area contributed by atoms with E-state index in [1.54, 1.807) is 46.9 Å². The van der Waals surface area contributed by atoms with Crippen molar-refractivity contribution in [3.05, 3.63) is 87.6 Å². The number of esters is 2. The molecule has 2 aromatic carbocycles. The lowest BCUT2D eigenvalue weighted by Crippen LogP contribution is -2.27. The molecule has 0 aliphatic rings. The first-order valence-electron chi connectivity index (χ1n) is 15.0. The Morgan fingerprint density at radius 1 is 0.936 bits per heavy atom.